The lowest BCUT2D eigenvalue weighted by atomic mass is 10.0. The lowest BCUT2D eigenvalue weighted by Crippen LogP contribution is -2.17. The van der Waals surface area contributed by atoms with E-state index in [1.54, 1.807) is 0 Å². The molecule has 5 heteroatoms. The highest BCUT2D eigenvalue weighted by molar-refractivity contribution is 14.1. The van der Waals surface area contributed by atoms with Crippen LogP contribution in [0.2, 0.25) is 5.02 Å². The number of rotatable bonds is 2. The Morgan fingerprint density at radius 2 is 1.85 bits per heavy atom. The molecular formula is C15H14ClIN2O. The van der Waals surface area contributed by atoms with Crippen LogP contribution >= 0.6 is 34.2 Å². The smallest absolute Gasteiger partial charge is 0.264 e. The maximum atomic E-state index is 12.1. The highest BCUT2D eigenvalue weighted by atomic mass is 127. The summed E-state index contributed by atoms with van der Waals surface area (Å²) in [6.07, 6.45) is 4.72. The first kappa shape index (κ1) is 14.1. The van der Waals surface area contributed by atoms with Gasteiger partial charge < -0.3 is 4.98 Å². The van der Waals surface area contributed by atoms with E-state index in [0.29, 0.717) is 16.8 Å². The van der Waals surface area contributed by atoms with Crippen LogP contribution in [0, 0.1) is 3.57 Å². The average Bonchev–Trinajstić information content (AvgIpc) is 2.96. The largest absolute Gasteiger partial charge is 0.306 e. The zero-order valence-electron chi connectivity index (χ0n) is 10.8. The third-order valence-electron chi connectivity index (χ3n) is 3.75. The molecule has 0 spiro atoms. The molecule has 1 fully saturated rings. The molecule has 0 amide bonds. The van der Waals surface area contributed by atoms with E-state index in [9.17, 15) is 4.79 Å². The molecule has 20 heavy (non-hydrogen) atoms. The quantitative estimate of drug-likeness (QED) is 0.762. The van der Waals surface area contributed by atoms with Crippen LogP contribution in [0.25, 0.3) is 11.4 Å². The summed E-state index contributed by atoms with van der Waals surface area (Å²) in [5.41, 5.74) is 1.80. The highest BCUT2D eigenvalue weighted by Crippen LogP contribution is 2.34. The second-order valence-electron chi connectivity index (χ2n) is 5.10. The van der Waals surface area contributed by atoms with Crippen molar-refractivity contribution >= 4 is 34.2 Å². The van der Waals surface area contributed by atoms with Gasteiger partial charge in [-0.15, -0.1) is 0 Å². The van der Waals surface area contributed by atoms with Gasteiger partial charge in [0.25, 0.3) is 5.56 Å². The van der Waals surface area contributed by atoms with E-state index < -0.39 is 0 Å². The molecule has 1 aliphatic rings. The minimum atomic E-state index is -0.0487. The molecule has 104 valence electrons. The Hall–Kier alpha value is -0.880. The second-order valence-corrected chi connectivity index (χ2v) is 6.62. The van der Waals surface area contributed by atoms with Crippen LogP contribution < -0.4 is 5.56 Å². The maximum Gasteiger partial charge on any atom is 0.264 e. The molecule has 0 saturated heterocycles. The fourth-order valence-electron chi connectivity index (χ4n) is 2.69. The Kier molecular flexibility index (Phi) is 4.12. The minimum absolute atomic E-state index is 0.0487. The lowest BCUT2D eigenvalue weighted by Gasteiger charge is -2.12. The van der Waals surface area contributed by atoms with E-state index >= 15 is 0 Å². The van der Waals surface area contributed by atoms with Gasteiger partial charge >= 0.3 is 0 Å². The number of benzene rings is 1. The van der Waals surface area contributed by atoms with Crippen molar-refractivity contribution in [3.63, 3.8) is 0 Å². The van der Waals surface area contributed by atoms with E-state index in [0.717, 1.165) is 27.7 Å². The van der Waals surface area contributed by atoms with Crippen molar-refractivity contribution in [3.05, 3.63) is 48.9 Å². The first-order valence-electron chi connectivity index (χ1n) is 6.71. The molecule has 3 nitrogen and oxygen atoms in total. The van der Waals surface area contributed by atoms with Gasteiger partial charge in [-0.25, -0.2) is 4.98 Å². The van der Waals surface area contributed by atoms with Gasteiger partial charge in [0.2, 0.25) is 0 Å². The van der Waals surface area contributed by atoms with E-state index in [2.05, 4.69) is 27.6 Å². The molecule has 1 aromatic carbocycles. The van der Waals surface area contributed by atoms with E-state index in [-0.39, 0.29) is 5.56 Å². The van der Waals surface area contributed by atoms with E-state index in [4.69, 9.17) is 16.6 Å². The number of nitrogens with zero attached hydrogens (tertiary/aromatic N) is 1. The van der Waals surface area contributed by atoms with Crippen molar-refractivity contribution in [2.75, 3.05) is 0 Å². The molecule has 1 aromatic heterocycles. The molecule has 2 aromatic rings. The summed E-state index contributed by atoms with van der Waals surface area (Å²) in [7, 11) is 0. The average molecular weight is 401 g/mol. The van der Waals surface area contributed by atoms with Gasteiger partial charge in [-0.1, -0.05) is 24.4 Å². The zero-order valence-corrected chi connectivity index (χ0v) is 13.7. The van der Waals surface area contributed by atoms with Crippen LogP contribution in [-0.4, -0.2) is 9.97 Å². The van der Waals surface area contributed by atoms with Crippen LogP contribution in [0.3, 0.4) is 0 Å². The molecular weight excluding hydrogens is 387 g/mol. The predicted octanol–water partition coefficient (Wildman–Crippen LogP) is 4.35. The van der Waals surface area contributed by atoms with Crippen molar-refractivity contribution in [3.8, 4) is 11.4 Å². The van der Waals surface area contributed by atoms with Crippen molar-refractivity contribution in [1.29, 1.82) is 0 Å². The Morgan fingerprint density at radius 1 is 1.20 bits per heavy atom. The summed E-state index contributed by atoms with van der Waals surface area (Å²) in [6, 6.07) is 7.38. The number of aromatic amines is 1. The Labute approximate surface area is 135 Å². The summed E-state index contributed by atoms with van der Waals surface area (Å²) < 4.78 is 0.729. The fraction of sp³-hybridized carbons (Fsp3) is 0.333. The number of hydrogen-bond acceptors (Lipinski definition) is 2. The van der Waals surface area contributed by atoms with Crippen molar-refractivity contribution in [2.45, 2.75) is 31.6 Å². The summed E-state index contributed by atoms with van der Waals surface area (Å²) in [5.74, 6) is 1.06. The van der Waals surface area contributed by atoms with Gasteiger partial charge in [-0.2, -0.15) is 0 Å². The van der Waals surface area contributed by atoms with E-state index in [1.165, 1.54) is 12.8 Å². The molecule has 0 aliphatic heterocycles. The number of H-pyrrole nitrogens is 1. The van der Waals surface area contributed by atoms with Gasteiger partial charge in [-0.05, 0) is 59.7 Å². The molecule has 0 radical (unpaired) electrons. The molecule has 1 aliphatic carbocycles. The summed E-state index contributed by atoms with van der Waals surface area (Å²) >= 11 is 8.01. The van der Waals surface area contributed by atoms with Crippen molar-refractivity contribution < 1.29 is 0 Å². The van der Waals surface area contributed by atoms with Crippen molar-refractivity contribution in [1.82, 2.24) is 9.97 Å². The van der Waals surface area contributed by atoms with Crippen LogP contribution in [0.15, 0.2) is 29.1 Å². The van der Waals surface area contributed by atoms with Crippen LogP contribution in [0.1, 0.15) is 37.3 Å². The first-order valence-corrected chi connectivity index (χ1v) is 8.16. The second kappa shape index (κ2) is 5.85. The topological polar surface area (TPSA) is 45.8 Å². The SMILES string of the molecule is O=c1[nH]c(-c2ccc(Cl)cc2)nc(C2CCCC2)c1I. The molecule has 1 heterocycles. The summed E-state index contributed by atoms with van der Waals surface area (Å²) in [4.78, 5) is 19.7. The van der Waals surface area contributed by atoms with Gasteiger partial charge in [0.1, 0.15) is 5.82 Å². The van der Waals surface area contributed by atoms with Crippen LogP contribution in [0.4, 0.5) is 0 Å². The lowest BCUT2D eigenvalue weighted by molar-refractivity contribution is 0.687. The third kappa shape index (κ3) is 2.76. The third-order valence-corrected chi connectivity index (χ3v) is 5.04. The zero-order chi connectivity index (χ0) is 14.1. The molecule has 0 unspecified atom stereocenters. The fourth-order valence-corrected chi connectivity index (χ4v) is 3.51. The van der Waals surface area contributed by atoms with Gasteiger partial charge in [0.05, 0.1) is 9.26 Å². The monoisotopic (exact) mass is 400 g/mol. The van der Waals surface area contributed by atoms with Gasteiger partial charge in [0.15, 0.2) is 0 Å². The number of halogens is 2. The molecule has 1 N–H and O–H groups in total. The number of aromatic nitrogens is 2. The number of hydrogen-bond donors (Lipinski definition) is 1. The predicted molar refractivity (Wildman–Crippen MR) is 89.2 cm³/mol. The first-order chi connectivity index (χ1) is 9.65. The summed E-state index contributed by atoms with van der Waals surface area (Å²) in [5, 5.41) is 0.678. The van der Waals surface area contributed by atoms with Gasteiger partial charge in [-0.3, -0.25) is 4.79 Å². The minimum Gasteiger partial charge on any atom is -0.306 e. The van der Waals surface area contributed by atoms with Crippen LogP contribution in [-0.2, 0) is 0 Å². The Morgan fingerprint density at radius 3 is 2.50 bits per heavy atom. The molecule has 3 rings (SSSR count). The molecule has 0 bridgehead atoms. The standard InChI is InChI=1S/C15H14ClIN2O/c16-11-7-5-10(6-8-11)14-18-13(9-3-1-2-4-9)12(17)15(20)19-14/h5-9H,1-4H2,(H,18,19,20). The molecule has 1 saturated carbocycles. The van der Waals surface area contributed by atoms with E-state index in [1.807, 2.05) is 24.3 Å². The van der Waals surface area contributed by atoms with Crippen LogP contribution in [0.5, 0.6) is 0 Å². The maximum absolute atomic E-state index is 12.1. The summed E-state index contributed by atoms with van der Waals surface area (Å²) in [6.45, 7) is 0. The Bertz CT molecular complexity index is 675. The normalized spacial score (nSPS) is 15.7. The molecule has 0 atom stereocenters. The Balaban J connectivity index is 2.08. The van der Waals surface area contributed by atoms with Gasteiger partial charge in [0, 0.05) is 16.5 Å². The number of nitrogens with one attached hydrogen (secondary N) is 1. The highest BCUT2D eigenvalue weighted by Gasteiger charge is 2.23. The van der Waals surface area contributed by atoms with Crippen molar-refractivity contribution in [2.24, 2.45) is 0 Å².